The van der Waals surface area contributed by atoms with Crippen LogP contribution in [0.5, 0.6) is 0 Å². The van der Waals surface area contributed by atoms with Gasteiger partial charge >= 0.3 is 0 Å². The summed E-state index contributed by atoms with van der Waals surface area (Å²) in [5.41, 5.74) is 1.41. The van der Waals surface area contributed by atoms with E-state index in [4.69, 9.17) is 42.1 Å². The Hall–Kier alpha value is -1.22. The number of ether oxygens (including phenoxy) is 4. The lowest BCUT2D eigenvalue weighted by atomic mass is 10.00. The Balaban J connectivity index is 1.60. The highest BCUT2D eigenvalue weighted by molar-refractivity contribution is 6.30. The molecule has 2 aromatic carbocycles. The number of halogens is 2. The van der Waals surface area contributed by atoms with Crippen LogP contribution in [0.15, 0.2) is 48.5 Å². The number of rotatable bonds is 3. The molecule has 4 rings (SSSR count). The van der Waals surface area contributed by atoms with Crippen LogP contribution in [0.2, 0.25) is 10.0 Å². The third kappa shape index (κ3) is 4.20. The fourth-order valence-electron chi connectivity index (χ4n) is 3.39. The molecule has 2 saturated heterocycles. The van der Waals surface area contributed by atoms with Gasteiger partial charge in [0.1, 0.15) is 24.4 Å². The first-order chi connectivity index (χ1) is 13.5. The molecule has 0 spiro atoms. The van der Waals surface area contributed by atoms with Gasteiger partial charge in [0.15, 0.2) is 12.6 Å². The van der Waals surface area contributed by atoms with Gasteiger partial charge in [-0.1, -0.05) is 47.5 Å². The van der Waals surface area contributed by atoms with Crippen molar-refractivity contribution in [2.45, 2.75) is 37.0 Å². The fraction of sp³-hybridized carbons (Fsp3) is 0.400. The van der Waals surface area contributed by atoms with Crippen LogP contribution in [0.4, 0.5) is 0 Å². The van der Waals surface area contributed by atoms with E-state index in [-0.39, 0.29) is 13.2 Å². The van der Waals surface area contributed by atoms with E-state index in [1.807, 2.05) is 12.1 Å². The van der Waals surface area contributed by atoms with Gasteiger partial charge < -0.3 is 29.2 Å². The van der Waals surface area contributed by atoms with Crippen molar-refractivity contribution < 1.29 is 29.2 Å². The molecule has 0 radical (unpaired) electrons. The van der Waals surface area contributed by atoms with Gasteiger partial charge in [-0.2, -0.15) is 0 Å². The van der Waals surface area contributed by atoms with Gasteiger partial charge in [0.05, 0.1) is 13.2 Å². The quantitative estimate of drug-likeness (QED) is 0.784. The summed E-state index contributed by atoms with van der Waals surface area (Å²) in [5, 5.41) is 21.6. The summed E-state index contributed by atoms with van der Waals surface area (Å²) >= 11 is 12.1. The SMILES string of the molecule is OC[C@H]1OC(c2cccc(Cl)c2)OC[C@@H]2OC(c3cccc(Cl)c3)O[C@H]1[C@@H]2O. The maximum Gasteiger partial charge on any atom is 0.185 e. The van der Waals surface area contributed by atoms with Crippen molar-refractivity contribution in [1.82, 2.24) is 0 Å². The van der Waals surface area contributed by atoms with E-state index in [1.54, 1.807) is 36.4 Å². The summed E-state index contributed by atoms with van der Waals surface area (Å²) in [6.07, 6.45) is -4.86. The number of hydrogen-bond acceptors (Lipinski definition) is 6. The maximum absolute atomic E-state index is 10.6. The van der Waals surface area contributed by atoms with E-state index in [9.17, 15) is 10.2 Å². The molecule has 2 fully saturated rings. The molecule has 6 atom stereocenters. The van der Waals surface area contributed by atoms with E-state index in [2.05, 4.69) is 0 Å². The maximum atomic E-state index is 10.6. The highest BCUT2D eigenvalue weighted by Crippen LogP contribution is 2.37. The van der Waals surface area contributed by atoms with Crippen LogP contribution in [0.3, 0.4) is 0 Å². The molecule has 2 aliphatic heterocycles. The van der Waals surface area contributed by atoms with Gasteiger partial charge in [-0.15, -0.1) is 0 Å². The summed E-state index contributed by atoms with van der Waals surface area (Å²) in [7, 11) is 0. The van der Waals surface area contributed by atoms with E-state index in [0.717, 1.165) is 0 Å². The van der Waals surface area contributed by atoms with Crippen molar-refractivity contribution in [3.8, 4) is 0 Å². The van der Waals surface area contributed by atoms with E-state index < -0.39 is 37.0 Å². The van der Waals surface area contributed by atoms with Gasteiger partial charge in [-0.3, -0.25) is 0 Å². The molecule has 2 unspecified atom stereocenters. The molecule has 2 heterocycles. The van der Waals surface area contributed by atoms with Crippen LogP contribution in [0.25, 0.3) is 0 Å². The Morgan fingerprint density at radius 2 is 1.54 bits per heavy atom. The summed E-state index contributed by atoms with van der Waals surface area (Å²) in [6.45, 7) is -0.287. The minimum absolute atomic E-state index is 0.0768. The van der Waals surface area contributed by atoms with Crippen molar-refractivity contribution >= 4 is 23.2 Å². The Bertz CT molecular complexity index is 773. The smallest absolute Gasteiger partial charge is 0.185 e. The van der Waals surface area contributed by atoms with Crippen molar-refractivity contribution in [2.75, 3.05) is 13.2 Å². The lowest BCUT2D eigenvalue weighted by Crippen LogP contribution is -2.57. The van der Waals surface area contributed by atoms with Crippen LogP contribution in [0.1, 0.15) is 23.7 Å². The largest absolute Gasteiger partial charge is 0.394 e. The number of aliphatic hydroxyl groups is 2. The van der Waals surface area contributed by atoms with Gasteiger partial charge in [0.2, 0.25) is 0 Å². The van der Waals surface area contributed by atoms with Gasteiger partial charge in [-0.05, 0) is 24.3 Å². The molecule has 6 nitrogen and oxygen atoms in total. The third-order valence-corrected chi connectivity index (χ3v) is 5.27. The molecule has 0 saturated carbocycles. The van der Waals surface area contributed by atoms with Crippen LogP contribution in [0, 0.1) is 0 Å². The highest BCUT2D eigenvalue weighted by Gasteiger charge is 2.46. The van der Waals surface area contributed by atoms with Crippen LogP contribution in [-0.2, 0) is 18.9 Å². The van der Waals surface area contributed by atoms with Crippen molar-refractivity contribution in [2.24, 2.45) is 0 Å². The molecule has 2 bridgehead atoms. The Kier molecular flexibility index (Phi) is 6.20. The van der Waals surface area contributed by atoms with E-state index >= 15 is 0 Å². The Labute approximate surface area is 172 Å². The number of benzene rings is 2. The second kappa shape index (κ2) is 8.65. The first-order valence-electron chi connectivity index (χ1n) is 8.93. The molecule has 0 aliphatic carbocycles. The lowest BCUT2D eigenvalue weighted by Gasteiger charge is -2.45. The zero-order valence-electron chi connectivity index (χ0n) is 14.8. The van der Waals surface area contributed by atoms with Crippen LogP contribution < -0.4 is 0 Å². The first kappa shape index (κ1) is 20.1. The Morgan fingerprint density at radius 1 is 0.893 bits per heavy atom. The van der Waals surface area contributed by atoms with Crippen LogP contribution in [-0.4, -0.2) is 47.8 Å². The third-order valence-electron chi connectivity index (χ3n) is 4.79. The molecule has 0 amide bonds. The zero-order chi connectivity index (χ0) is 19.7. The molecular weight excluding hydrogens is 407 g/mol. The van der Waals surface area contributed by atoms with Gasteiger partial charge in [-0.25, -0.2) is 0 Å². The summed E-state index contributed by atoms with van der Waals surface area (Å²) in [5.74, 6) is 0. The Morgan fingerprint density at radius 3 is 2.14 bits per heavy atom. The van der Waals surface area contributed by atoms with E-state index in [1.165, 1.54) is 0 Å². The second-order valence-corrected chi connectivity index (χ2v) is 7.60. The molecular formula is C20H20Cl2O6. The van der Waals surface area contributed by atoms with Crippen molar-refractivity contribution in [3.05, 3.63) is 69.7 Å². The standard InChI is InChI=1S/C20H20Cl2O6/c21-13-5-1-3-11(7-13)19-25-10-16-17(24)18(15(9-23)26-19)28-20(27-16)12-4-2-6-14(22)8-12/h1-8,15-20,23-24H,9-10H2/t15-,16+,17-,18-,19?,20?/m1/s1. The number of fused-ring (bicyclic) bond motifs is 2. The normalized spacial score (nSPS) is 33.1. The summed E-state index contributed by atoms with van der Waals surface area (Å²) in [6, 6.07) is 14.2. The van der Waals surface area contributed by atoms with E-state index in [0.29, 0.717) is 21.2 Å². The molecule has 8 heteroatoms. The highest BCUT2D eigenvalue weighted by atomic mass is 35.5. The lowest BCUT2D eigenvalue weighted by molar-refractivity contribution is -0.352. The molecule has 2 aromatic rings. The van der Waals surface area contributed by atoms with Crippen LogP contribution >= 0.6 is 23.2 Å². The molecule has 2 N–H and O–H groups in total. The number of hydrogen-bond donors (Lipinski definition) is 2. The van der Waals surface area contributed by atoms with Gasteiger partial charge in [0.25, 0.3) is 0 Å². The monoisotopic (exact) mass is 426 g/mol. The van der Waals surface area contributed by atoms with Crippen molar-refractivity contribution in [3.63, 3.8) is 0 Å². The second-order valence-electron chi connectivity index (χ2n) is 6.73. The zero-order valence-corrected chi connectivity index (χ0v) is 16.3. The molecule has 2 aliphatic rings. The summed E-state index contributed by atoms with van der Waals surface area (Å²) in [4.78, 5) is 0. The molecule has 28 heavy (non-hydrogen) atoms. The summed E-state index contributed by atoms with van der Waals surface area (Å²) < 4.78 is 23.7. The number of aliphatic hydroxyl groups excluding tert-OH is 2. The topological polar surface area (TPSA) is 77.4 Å². The van der Waals surface area contributed by atoms with Crippen molar-refractivity contribution in [1.29, 1.82) is 0 Å². The fourth-order valence-corrected chi connectivity index (χ4v) is 3.79. The molecule has 150 valence electrons. The predicted molar refractivity (Wildman–Crippen MR) is 102 cm³/mol. The first-order valence-corrected chi connectivity index (χ1v) is 9.68. The predicted octanol–water partition coefficient (Wildman–Crippen LogP) is 3.24. The van der Waals surface area contributed by atoms with Gasteiger partial charge in [0, 0.05) is 21.2 Å². The minimum atomic E-state index is -1.02. The average Bonchev–Trinajstić information content (AvgIpc) is 2.69. The minimum Gasteiger partial charge on any atom is -0.394 e. The molecule has 0 aromatic heterocycles. The average molecular weight is 427 g/mol.